The highest BCUT2D eigenvalue weighted by Gasteiger charge is 2.38. The Labute approximate surface area is 192 Å². The first-order valence-electron chi connectivity index (χ1n) is 11.1. The highest BCUT2D eigenvalue weighted by Crippen LogP contribution is 2.29. The van der Waals surface area contributed by atoms with Gasteiger partial charge in [0, 0.05) is 38.2 Å². The van der Waals surface area contributed by atoms with Crippen LogP contribution < -0.4 is 5.32 Å². The summed E-state index contributed by atoms with van der Waals surface area (Å²) in [6.45, 7) is 6.34. The summed E-state index contributed by atoms with van der Waals surface area (Å²) in [4.78, 5) is 27.5. The predicted octanol–water partition coefficient (Wildman–Crippen LogP) is 1.87. The minimum absolute atomic E-state index is 0.0559. The molecule has 2 aromatic heterocycles. The number of nitrogens with zero attached hydrogens (tertiary/aromatic N) is 4. The van der Waals surface area contributed by atoms with Gasteiger partial charge in [0.15, 0.2) is 11.6 Å². The van der Waals surface area contributed by atoms with Gasteiger partial charge in [0.05, 0.1) is 5.92 Å². The van der Waals surface area contributed by atoms with E-state index in [0.29, 0.717) is 62.6 Å². The van der Waals surface area contributed by atoms with Crippen LogP contribution in [0.2, 0.25) is 0 Å². The predicted molar refractivity (Wildman–Crippen MR) is 117 cm³/mol. The van der Waals surface area contributed by atoms with Gasteiger partial charge in [-0.2, -0.15) is 4.31 Å². The van der Waals surface area contributed by atoms with Crippen LogP contribution in [0.25, 0.3) is 0 Å². The molecule has 180 valence electrons. The zero-order chi connectivity index (χ0) is 23.8. The van der Waals surface area contributed by atoms with E-state index < -0.39 is 15.9 Å². The lowest BCUT2D eigenvalue weighted by atomic mass is 9.93. The third kappa shape index (κ3) is 4.81. The number of rotatable bonds is 5. The molecule has 2 fully saturated rings. The molecule has 0 bridgehead atoms. The van der Waals surface area contributed by atoms with Crippen LogP contribution in [0.3, 0.4) is 0 Å². The highest BCUT2D eigenvalue weighted by molar-refractivity contribution is 7.89. The number of carbonyl (C=O) groups excluding carboxylic acids is 2. The first-order chi connectivity index (χ1) is 15.7. The molecule has 1 atom stereocenters. The highest BCUT2D eigenvalue weighted by atomic mass is 32.2. The number of nitrogens with one attached hydrogen (secondary N) is 1. The summed E-state index contributed by atoms with van der Waals surface area (Å²) < 4.78 is 37.7. The third-order valence-electron chi connectivity index (χ3n) is 6.36. The van der Waals surface area contributed by atoms with E-state index in [1.165, 1.54) is 4.31 Å². The van der Waals surface area contributed by atoms with Gasteiger partial charge in [-0.05, 0) is 46.5 Å². The SMILES string of the molecule is Cc1cc(NC(=O)C2CCN(C(=O)C3CCCN(S(=O)(=O)c4c(C)noc4C)C3)CC2)no1. The van der Waals surface area contributed by atoms with Crippen LogP contribution >= 0.6 is 0 Å². The molecule has 2 aliphatic heterocycles. The number of anilines is 1. The molecule has 0 radical (unpaired) electrons. The number of carbonyl (C=O) groups is 2. The van der Waals surface area contributed by atoms with Crippen molar-refractivity contribution in [2.75, 3.05) is 31.5 Å². The lowest BCUT2D eigenvalue weighted by Gasteiger charge is -2.37. The molecule has 2 aromatic rings. The molecule has 2 aliphatic rings. The number of hydrogen-bond acceptors (Lipinski definition) is 8. The number of amides is 2. The summed E-state index contributed by atoms with van der Waals surface area (Å²) in [5, 5.41) is 10.3. The van der Waals surface area contributed by atoms with Crippen LogP contribution in [0.4, 0.5) is 5.82 Å². The Bertz CT molecular complexity index is 1110. The van der Waals surface area contributed by atoms with Crippen molar-refractivity contribution >= 4 is 27.7 Å². The molecule has 0 spiro atoms. The molecule has 0 aliphatic carbocycles. The maximum Gasteiger partial charge on any atom is 0.248 e. The van der Waals surface area contributed by atoms with Gasteiger partial charge in [0.2, 0.25) is 21.8 Å². The lowest BCUT2D eigenvalue weighted by molar-refractivity contribution is -0.139. The number of hydrogen-bond donors (Lipinski definition) is 1. The van der Waals surface area contributed by atoms with Crippen molar-refractivity contribution in [1.82, 2.24) is 19.5 Å². The molecule has 4 rings (SSSR count). The van der Waals surface area contributed by atoms with Crippen molar-refractivity contribution in [3.05, 3.63) is 23.3 Å². The topological polar surface area (TPSA) is 139 Å². The van der Waals surface area contributed by atoms with Crippen molar-refractivity contribution in [2.24, 2.45) is 11.8 Å². The van der Waals surface area contributed by atoms with E-state index in [2.05, 4.69) is 15.6 Å². The molecular weight excluding hydrogens is 450 g/mol. The number of likely N-dealkylation sites (tertiary alicyclic amines) is 1. The number of aryl methyl sites for hydroxylation is 3. The van der Waals surface area contributed by atoms with Gasteiger partial charge < -0.3 is 19.3 Å². The largest absolute Gasteiger partial charge is 0.360 e. The minimum atomic E-state index is -3.79. The smallest absolute Gasteiger partial charge is 0.248 e. The summed E-state index contributed by atoms with van der Waals surface area (Å²) in [6, 6.07) is 1.65. The Kier molecular flexibility index (Phi) is 6.57. The first-order valence-corrected chi connectivity index (χ1v) is 12.6. The van der Waals surface area contributed by atoms with Gasteiger partial charge in [0.25, 0.3) is 0 Å². The van der Waals surface area contributed by atoms with Gasteiger partial charge in [-0.25, -0.2) is 8.42 Å². The molecule has 4 heterocycles. The quantitative estimate of drug-likeness (QED) is 0.686. The van der Waals surface area contributed by atoms with Crippen LogP contribution in [0.15, 0.2) is 20.0 Å². The van der Waals surface area contributed by atoms with Crippen molar-refractivity contribution in [1.29, 1.82) is 0 Å². The van der Waals surface area contributed by atoms with Crippen LogP contribution in [0.1, 0.15) is 42.9 Å². The van der Waals surface area contributed by atoms with Gasteiger partial charge in [-0.15, -0.1) is 0 Å². The monoisotopic (exact) mass is 479 g/mol. The van der Waals surface area contributed by atoms with E-state index in [0.717, 1.165) is 0 Å². The Morgan fingerprint density at radius 3 is 2.36 bits per heavy atom. The van der Waals surface area contributed by atoms with Crippen LogP contribution in [-0.4, -0.2) is 65.9 Å². The Hall–Kier alpha value is -2.73. The third-order valence-corrected chi connectivity index (χ3v) is 8.47. The molecule has 11 nitrogen and oxygen atoms in total. The van der Waals surface area contributed by atoms with E-state index in [4.69, 9.17) is 9.05 Å². The molecule has 12 heteroatoms. The van der Waals surface area contributed by atoms with Crippen LogP contribution in [-0.2, 0) is 19.6 Å². The second kappa shape index (κ2) is 9.26. The summed E-state index contributed by atoms with van der Waals surface area (Å²) >= 11 is 0. The Morgan fingerprint density at radius 2 is 1.76 bits per heavy atom. The summed E-state index contributed by atoms with van der Waals surface area (Å²) in [7, 11) is -3.79. The van der Waals surface area contributed by atoms with Gasteiger partial charge in [0.1, 0.15) is 16.3 Å². The van der Waals surface area contributed by atoms with E-state index in [-0.39, 0.29) is 34.9 Å². The first kappa shape index (κ1) is 23.4. The average molecular weight is 480 g/mol. The van der Waals surface area contributed by atoms with Crippen molar-refractivity contribution in [3.8, 4) is 0 Å². The van der Waals surface area contributed by atoms with Crippen molar-refractivity contribution in [3.63, 3.8) is 0 Å². The molecule has 33 heavy (non-hydrogen) atoms. The van der Waals surface area contributed by atoms with E-state index in [1.807, 2.05) is 0 Å². The summed E-state index contributed by atoms with van der Waals surface area (Å²) in [5.74, 6) is 0.444. The number of aromatic nitrogens is 2. The second-order valence-corrected chi connectivity index (χ2v) is 10.6. The summed E-state index contributed by atoms with van der Waals surface area (Å²) in [6.07, 6.45) is 2.33. The second-order valence-electron chi connectivity index (χ2n) is 8.77. The standard InChI is InChI=1S/C21H29N5O6S/c1-13-11-18(24-31-13)22-20(27)16-6-9-25(10-7-16)21(28)17-5-4-8-26(12-17)33(29,30)19-14(2)23-32-15(19)3/h11,16-17H,4-10,12H2,1-3H3,(H,22,24,27). The van der Waals surface area contributed by atoms with Crippen LogP contribution in [0, 0.1) is 32.6 Å². The van der Waals surface area contributed by atoms with E-state index >= 15 is 0 Å². The van der Waals surface area contributed by atoms with Gasteiger partial charge in [-0.3, -0.25) is 9.59 Å². The molecule has 2 saturated heterocycles. The fourth-order valence-electron chi connectivity index (χ4n) is 4.61. The molecule has 1 N–H and O–H groups in total. The number of piperidine rings is 2. The molecule has 0 aromatic carbocycles. The van der Waals surface area contributed by atoms with Crippen molar-refractivity contribution < 1.29 is 27.1 Å². The van der Waals surface area contributed by atoms with Gasteiger partial charge >= 0.3 is 0 Å². The maximum absolute atomic E-state index is 13.2. The Morgan fingerprint density at radius 1 is 1.03 bits per heavy atom. The Balaban J connectivity index is 1.34. The van der Waals surface area contributed by atoms with Gasteiger partial charge in [-0.1, -0.05) is 10.3 Å². The zero-order valence-electron chi connectivity index (χ0n) is 19.0. The van der Waals surface area contributed by atoms with E-state index in [1.54, 1.807) is 31.7 Å². The lowest BCUT2D eigenvalue weighted by Crippen LogP contribution is -2.49. The molecular formula is C21H29N5O6S. The fourth-order valence-corrected chi connectivity index (χ4v) is 6.42. The minimum Gasteiger partial charge on any atom is -0.360 e. The molecule has 2 amide bonds. The maximum atomic E-state index is 13.2. The fraction of sp³-hybridized carbons (Fsp3) is 0.619. The van der Waals surface area contributed by atoms with E-state index in [9.17, 15) is 18.0 Å². The van der Waals surface area contributed by atoms with Crippen LogP contribution in [0.5, 0.6) is 0 Å². The average Bonchev–Trinajstić information content (AvgIpc) is 3.37. The molecule has 0 saturated carbocycles. The van der Waals surface area contributed by atoms with Crippen molar-refractivity contribution in [2.45, 2.75) is 51.3 Å². The molecule has 1 unspecified atom stereocenters. The number of sulfonamides is 1. The normalized spacial score (nSPS) is 20.7. The zero-order valence-corrected chi connectivity index (χ0v) is 19.9. The summed E-state index contributed by atoms with van der Waals surface area (Å²) in [5.41, 5.74) is 0.321.